The summed E-state index contributed by atoms with van der Waals surface area (Å²) in [5, 5.41) is 8.81. The number of aryl methyl sites for hydroxylation is 2. The van der Waals surface area contributed by atoms with Gasteiger partial charge < -0.3 is 9.13 Å². The fourth-order valence-electron chi connectivity index (χ4n) is 2.79. The maximum absolute atomic E-state index is 13.4. The van der Waals surface area contributed by atoms with E-state index in [1.807, 2.05) is 43.0 Å². The van der Waals surface area contributed by atoms with Crippen molar-refractivity contribution in [1.82, 2.24) is 19.3 Å². The van der Waals surface area contributed by atoms with E-state index in [1.165, 1.54) is 17.8 Å². The van der Waals surface area contributed by atoms with Crippen LogP contribution >= 0.6 is 23.4 Å². The molecule has 0 fully saturated rings. The number of thioether (sulfide) groups is 1. The number of carbonyl (C=O) groups excluding carboxylic acids is 1. The van der Waals surface area contributed by atoms with Gasteiger partial charge in [-0.1, -0.05) is 23.4 Å². The number of Topliss-reactive ketones (excluding diaryl/α,β-unsaturated/α-hetero) is 1. The molecule has 0 unspecified atom stereocenters. The highest BCUT2D eigenvalue weighted by molar-refractivity contribution is 7.99. The molecule has 0 aliphatic rings. The van der Waals surface area contributed by atoms with Gasteiger partial charge in [-0.05, 0) is 45.0 Å². The number of ketones is 1. The number of aromatic nitrogens is 4. The third kappa shape index (κ3) is 3.41. The van der Waals surface area contributed by atoms with Crippen LogP contribution in [-0.4, -0.2) is 30.9 Å². The lowest BCUT2D eigenvalue weighted by Gasteiger charge is -2.10. The standard InChI is InChI=1S/C18H18ClFN4OS/c1-10-7-14(17(25)9-26-18-22-21-12(3)23(18)4)11(2)24(10)13-5-6-16(20)15(19)8-13/h5-8H,9H2,1-4H3. The molecule has 0 amide bonds. The third-order valence-corrected chi connectivity index (χ3v) is 5.59. The second-order valence-corrected chi connectivity index (χ2v) is 7.37. The van der Waals surface area contributed by atoms with E-state index in [1.54, 1.807) is 12.1 Å². The Balaban J connectivity index is 1.86. The van der Waals surface area contributed by atoms with Crippen LogP contribution < -0.4 is 0 Å². The van der Waals surface area contributed by atoms with E-state index < -0.39 is 5.82 Å². The van der Waals surface area contributed by atoms with Crippen LogP contribution in [0.25, 0.3) is 5.69 Å². The zero-order chi connectivity index (χ0) is 19.0. The molecule has 0 spiro atoms. The Bertz CT molecular complexity index is 995. The largest absolute Gasteiger partial charge is 0.318 e. The molecule has 2 aromatic heterocycles. The maximum atomic E-state index is 13.4. The molecule has 136 valence electrons. The van der Waals surface area contributed by atoms with Crippen molar-refractivity contribution in [2.24, 2.45) is 7.05 Å². The minimum Gasteiger partial charge on any atom is -0.318 e. The lowest BCUT2D eigenvalue weighted by molar-refractivity contribution is 0.102. The number of carbonyl (C=O) groups is 1. The molecule has 8 heteroatoms. The Labute approximate surface area is 160 Å². The Morgan fingerprint density at radius 3 is 2.58 bits per heavy atom. The second-order valence-electron chi connectivity index (χ2n) is 6.02. The molecule has 0 aliphatic heterocycles. The number of halogens is 2. The first kappa shape index (κ1) is 18.7. The van der Waals surface area contributed by atoms with Crippen molar-refractivity contribution in [3.05, 3.63) is 57.9 Å². The average Bonchev–Trinajstić information content (AvgIpc) is 3.08. The molecule has 2 heterocycles. The molecule has 0 saturated heterocycles. The highest BCUT2D eigenvalue weighted by Gasteiger charge is 2.18. The summed E-state index contributed by atoms with van der Waals surface area (Å²) >= 11 is 7.25. The number of nitrogens with zero attached hydrogens (tertiary/aromatic N) is 4. The van der Waals surface area contributed by atoms with Crippen LogP contribution in [-0.2, 0) is 7.05 Å². The van der Waals surface area contributed by atoms with Gasteiger partial charge in [0.1, 0.15) is 11.6 Å². The average molecular weight is 393 g/mol. The van der Waals surface area contributed by atoms with Crippen LogP contribution in [0.3, 0.4) is 0 Å². The lowest BCUT2D eigenvalue weighted by Crippen LogP contribution is -2.06. The quantitative estimate of drug-likeness (QED) is 0.480. The molecule has 0 bridgehead atoms. The summed E-state index contributed by atoms with van der Waals surface area (Å²) in [6, 6.07) is 6.37. The molecule has 5 nitrogen and oxygen atoms in total. The highest BCUT2D eigenvalue weighted by atomic mass is 35.5. The van der Waals surface area contributed by atoms with Gasteiger partial charge in [0.2, 0.25) is 0 Å². The van der Waals surface area contributed by atoms with Crippen molar-refractivity contribution in [1.29, 1.82) is 0 Å². The van der Waals surface area contributed by atoms with Crippen molar-refractivity contribution in [2.75, 3.05) is 5.75 Å². The maximum Gasteiger partial charge on any atom is 0.191 e. The van der Waals surface area contributed by atoms with E-state index >= 15 is 0 Å². The van der Waals surface area contributed by atoms with Crippen molar-refractivity contribution < 1.29 is 9.18 Å². The molecular weight excluding hydrogens is 375 g/mol. The molecule has 3 aromatic rings. The van der Waals surface area contributed by atoms with Crippen LogP contribution in [0.5, 0.6) is 0 Å². The Morgan fingerprint density at radius 2 is 1.96 bits per heavy atom. The van der Waals surface area contributed by atoms with Gasteiger partial charge in [-0.25, -0.2) is 4.39 Å². The summed E-state index contributed by atoms with van der Waals surface area (Å²) < 4.78 is 17.2. The monoisotopic (exact) mass is 392 g/mol. The van der Waals surface area contributed by atoms with E-state index in [0.717, 1.165) is 22.9 Å². The van der Waals surface area contributed by atoms with Gasteiger partial charge in [0.05, 0.1) is 10.8 Å². The van der Waals surface area contributed by atoms with Crippen molar-refractivity contribution in [2.45, 2.75) is 25.9 Å². The zero-order valence-electron chi connectivity index (χ0n) is 14.9. The van der Waals surface area contributed by atoms with E-state index in [2.05, 4.69) is 10.2 Å². The zero-order valence-corrected chi connectivity index (χ0v) is 16.5. The fourth-order valence-corrected chi connectivity index (χ4v) is 3.80. The van der Waals surface area contributed by atoms with E-state index in [9.17, 15) is 9.18 Å². The number of benzene rings is 1. The molecular formula is C18H18ClFN4OS. The van der Waals surface area contributed by atoms with Crippen LogP contribution in [0.4, 0.5) is 4.39 Å². The summed E-state index contributed by atoms with van der Waals surface area (Å²) in [5.41, 5.74) is 3.04. The predicted molar refractivity (Wildman–Crippen MR) is 101 cm³/mol. The highest BCUT2D eigenvalue weighted by Crippen LogP contribution is 2.26. The van der Waals surface area contributed by atoms with Gasteiger partial charge in [-0.15, -0.1) is 10.2 Å². The molecule has 3 rings (SSSR count). The van der Waals surface area contributed by atoms with Gasteiger partial charge in [0.25, 0.3) is 0 Å². The van der Waals surface area contributed by atoms with Crippen molar-refractivity contribution in [3.8, 4) is 5.69 Å². The number of hydrogen-bond acceptors (Lipinski definition) is 4. The molecule has 0 N–H and O–H groups in total. The van der Waals surface area contributed by atoms with E-state index in [-0.39, 0.29) is 16.6 Å². The summed E-state index contributed by atoms with van der Waals surface area (Å²) in [4.78, 5) is 12.7. The van der Waals surface area contributed by atoms with Crippen LogP contribution in [0.15, 0.2) is 29.4 Å². The minimum atomic E-state index is -0.468. The van der Waals surface area contributed by atoms with Gasteiger partial charge in [0.15, 0.2) is 10.9 Å². The second kappa shape index (κ2) is 7.25. The van der Waals surface area contributed by atoms with E-state index in [0.29, 0.717) is 10.7 Å². The number of hydrogen-bond donors (Lipinski definition) is 0. The normalized spacial score (nSPS) is 11.2. The van der Waals surface area contributed by atoms with Gasteiger partial charge in [-0.2, -0.15) is 0 Å². The van der Waals surface area contributed by atoms with Crippen LogP contribution in [0, 0.1) is 26.6 Å². The molecule has 1 aromatic carbocycles. The molecule has 26 heavy (non-hydrogen) atoms. The van der Waals surface area contributed by atoms with Gasteiger partial charge in [0, 0.05) is 29.7 Å². The molecule has 0 radical (unpaired) electrons. The number of rotatable bonds is 5. The summed E-state index contributed by atoms with van der Waals surface area (Å²) in [7, 11) is 1.87. The minimum absolute atomic E-state index is 0.00297. The summed E-state index contributed by atoms with van der Waals surface area (Å²) in [6.45, 7) is 5.63. The van der Waals surface area contributed by atoms with Crippen molar-refractivity contribution in [3.63, 3.8) is 0 Å². The van der Waals surface area contributed by atoms with Crippen LogP contribution in [0.2, 0.25) is 5.02 Å². The van der Waals surface area contributed by atoms with Crippen LogP contribution in [0.1, 0.15) is 27.6 Å². The Hall–Kier alpha value is -2.12. The van der Waals surface area contributed by atoms with Gasteiger partial charge in [-0.3, -0.25) is 4.79 Å². The van der Waals surface area contributed by atoms with Crippen molar-refractivity contribution >= 4 is 29.1 Å². The lowest BCUT2D eigenvalue weighted by atomic mass is 10.2. The topological polar surface area (TPSA) is 52.7 Å². The van der Waals surface area contributed by atoms with E-state index in [4.69, 9.17) is 11.6 Å². The third-order valence-electron chi connectivity index (χ3n) is 4.28. The Kier molecular flexibility index (Phi) is 5.20. The molecule has 0 aliphatic carbocycles. The first-order valence-electron chi connectivity index (χ1n) is 7.96. The Morgan fingerprint density at radius 1 is 1.23 bits per heavy atom. The SMILES string of the molecule is Cc1nnc(SCC(=O)c2cc(C)n(-c3ccc(F)c(Cl)c3)c2C)n1C. The molecule has 0 saturated carbocycles. The van der Waals surface area contributed by atoms with Gasteiger partial charge >= 0.3 is 0 Å². The summed E-state index contributed by atoms with van der Waals surface area (Å²) in [5.74, 6) is 0.597. The smallest absolute Gasteiger partial charge is 0.191 e. The predicted octanol–water partition coefficient (Wildman–Crippen LogP) is 4.30. The molecule has 0 atom stereocenters. The summed E-state index contributed by atoms with van der Waals surface area (Å²) in [6.07, 6.45) is 0. The fraction of sp³-hybridized carbons (Fsp3) is 0.278. The first-order chi connectivity index (χ1) is 12.3. The first-order valence-corrected chi connectivity index (χ1v) is 9.32.